The van der Waals surface area contributed by atoms with Crippen LogP contribution in [0.15, 0.2) is 16.7 Å². The molecule has 3 heteroatoms. The van der Waals surface area contributed by atoms with Gasteiger partial charge in [-0.2, -0.15) is 0 Å². The third kappa shape index (κ3) is 3.08. The molecule has 1 aromatic carbocycles. The van der Waals surface area contributed by atoms with E-state index in [1.54, 1.807) is 0 Å². The first kappa shape index (κ1) is 17.1. The van der Waals surface area contributed by atoms with Crippen molar-refractivity contribution in [3.63, 3.8) is 0 Å². The molecule has 0 radical (unpaired) electrons. The van der Waals surface area contributed by atoms with Gasteiger partial charge in [-0.3, -0.25) is 0 Å². The Morgan fingerprint density at radius 2 is 1.55 bits per heavy atom. The number of hydrogen-bond donors (Lipinski definition) is 0. The number of aryl methyl sites for hydroxylation is 2. The van der Waals surface area contributed by atoms with Crippen LogP contribution in [0.3, 0.4) is 0 Å². The van der Waals surface area contributed by atoms with Crippen molar-refractivity contribution in [2.45, 2.75) is 66.2 Å². The molecule has 22 heavy (non-hydrogen) atoms. The number of aromatic nitrogens is 1. The van der Waals surface area contributed by atoms with E-state index in [2.05, 4.69) is 52.8 Å². The van der Waals surface area contributed by atoms with Gasteiger partial charge in [-0.05, 0) is 47.4 Å². The van der Waals surface area contributed by atoms with Gasteiger partial charge in [-0.25, -0.2) is 0 Å². The van der Waals surface area contributed by atoms with Crippen LogP contribution in [-0.4, -0.2) is 5.16 Å². The summed E-state index contributed by atoms with van der Waals surface area (Å²) in [7, 11) is 0. The maximum absolute atomic E-state index is 6.70. The molecule has 2 aromatic rings. The second-order valence-electron chi connectivity index (χ2n) is 8.08. The van der Waals surface area contributed by atoms with Crippen molar-refractivity contribution in [2.24, 2.45) is 0 Å². The Bertz CT molecular complexity index is 680. The van der Waals surface area contributed by atoms with E-state index < -0.39 is 0 Å². The lowest BCUT2D eigenvalue weighted by atomic mass is 9.74. The van der Waals surface area contributed by atoms with Crippen LogP contribution in [0, 0.1) is 13.8 Å². The predicted octanol–water partition coefficient (Wildman–Crippen LogP) is 6.21. The highest BCUT2D eigenvalue weighted by Gasteiger charge is 2.29. The van der Waals surface area contributed by atoms with Crippen molar-refractivity contribution >= 4 is 11.6 Å². The van der Waals surface area contributed by atoms with E-state index in [1.807, 2.05) is 19.9 Å². The zero-order valence-corrected chi connectivity index (χ0v) is 15.6. The third-order valence-electron chi connectivity index (χ3n) is 3.97. The molecule has 0 N–H and O–H groups in total. The van der Waals surface area contributed by atoms with Crippen LogP contribution in [0.5, 0.6) is 0 Å². The summed E-state index contributed by atoms with van der Waals surface area (Å²) in [5.74, 6) is 0.830. The molecular weight excluding hydrogens is 294 g/mol. The van der Waals surface area contributed by atoms with Crippen molar-refractivity contribution in [2.75, 3.05) is 0 Å². The normalized spacial score (nSPS) is 12.8. The lowest BCUT2D eigenvalue weighted by Gasteiger charge is -2.31. The van der Waals surface area contributed by atoms with Crippen molar-refractivity contribution < 1.29 is 4.52 Å². The minimum Gasteiger partial charge on any atom is -0.361 e. The van der Waals surface area contributed by atoms with E-state index in [4.69, 9.17) is 16.1 Å². The molecule has 2 nitrogen and oxygen atoms in total. The highest BCUT2D eigenvalue weighted by atomic mass is 35.5. The van der Waals surface area contributed by atoms with Crippen LogP contribution in [0.4, 0.5) is 0 Å². The number of hydrogen-bond acceptors (Lipinski definition) is 2. The maximum atomic E-state index is 6.70. The molecular formula is C19H26ClNO. The lowest BCUT2D eigenvalue weighted by Crippen LogP contribution is -2.22. The summed E-state index contributed by atoms with van der Waals surface area (Å²) < 4.78 is 5.32. The van der Waals surface area contributed by atoms with Gasteiger partial charge in [0, 0.05) is 10.6 Å². The van der Waals surface area contributed by atoms with Crippen molar-refractivity contribution in [1.82, 2.24) is 5.16 Å². The number of rotatable bonds is 1. The molecule has 1 heterocycles. The number of benzene rings is 1. The average molecular weight is 320 g/mol. The summed E-state index contributed by atoms with van der Waals surface area (Å²) in [6.45, 7) is 17.2. The van der Waals surface area contributed by atoms with Gasteiger partial charge in [0.15, 0.2) is 0 Å². The molecule has 2 rings (SSSR count). The van der Waals surface area contributed by atoms with Gasteiger partial charge < -0.3 is 4.52 Å². The molecule has 0 aliphatic rings. The maximum Gasteiger partial charge on any atom is 0.141 e. The van der Waals surface area contributed by atoms with Crippen LogP contribution in [0.1, 0.15) is 64.1 Å². The fourth-order valence-corrected chi connectivity index (χ4v) is 3.50. The van der Waals surface area contributed by atoms with Crippen LogP contribution in [0.2, 0.25) is 5.02 Å². The van der Waals surface area contributed by atoms with E-state index in [9.17, 15) is 0 Å². The lowest BCUT2D eigenvalue weighted by molar-refractivity contribution is 0.393. The largest absolute Gasteiger partial charge is 0.361 e. The highest BCUT2D eigenvalue weighted by Crippen LogP contribution is 2.42. The molecule has 0 aliphatic heterocycles. The van der Waals surface area contributed by atoms with E-state index in [0.29, 0.717) is 0 Å². The van der Waals surface area contributed by atoms with Gasteiger partial charge in [-0.1, -0.05) is 64.4 Å². The molecule has 0 bridgehead atoms. The van der Waals surface area contributed by atoms with E-state index >= 15 is 0 Å². The number of halogens is 1. The molecule has 0 amide bonds. The molecule has 0 aliphatic carbocycles. The van der Waals surface area contributed by atoms with Gasteiger partial charge in [0.1, 0.15) is 5.76 Å². The Kier molecular flexibility index (Phi) is 4.20. The van der Waals surface area contributed by atoms with Crippen LogP contribution in [-0.2, 0) is 10.8 Å². The Balaban J connectivity index is 2.80. The molecule has 0 spiro atoms. The smallest absolute Gasteiger partial charge is 0.141 e. The SMILES string of the molecule is Cc1noc(C)c1-c1cc(Cl)c(C(C)(C)C)c(C(C)(C)C)c1. The van der Waals surface area contributed by atoms with Gasteiger partial charge in [0.2, 0.25) is 0 Å². The molecule has 0 saturated carbocycles. The molecule has 0 unspecified atom stereocenters. The monoisotopic (exact) mass is 319 g/mol. The molecule has 0 saturated heterocycles. The van der Waals surface area contributed by atoms with Gasteiger partial charge >= 0.3 is 0 Å². The summed E-state index contributed by atoms with van der Waals surface area (Å²) in [4.78, 5) is 0. The second kappa shape index (κ2) is 5.42. The average Bonchev–Trinajstić information content (AvgIpc) is 2.65. The quantitative estimate of drug-likeness (QED) is 0.624. The van der Waals surface area contributed by atoms with Gasteiger partial charge in [0.25, 0.3) is 0 Å². The summed E-state index contributed by atoms with van der Waals surface area (Å²) in [6, 6.07) is 4.29. The van der Waals surface area contributed by atoms with Crippen LogP contribution in [0.25, 0.3) is 11.1 Å². The van der Waals surface area contributed by atoms with Crippen LogP contribution >= 0.6 is 11.6 Å². The fraction of sp³-hybridized carbons (Fsp3) is 0.526. The van der Waals surface area contributed by atoms with Crippen molar-refractivity contribution in [1.29, 1.82) is 0 Å². The first-order valence-electron chi connectivity index (χ1n) is 7.70. The molecule has 0 fully saturated rings. The molecule has 120 valence electrons. The summed E-state index contributed by atoms with van der Waals surface area (Å²) in [6.07, 6.45) is 0. The number of nitrogens with zero attached hydrogens (tertiary/aromatic N) is 1. The summed E-state index contributed by atoms with van der Waals surface area (Å²) >= 11 is 6.70. The zero-order chi connectivity index (χ0) is 16.9. The Hall–Kier alpha value is -1.28. The summed E-state index contributed by atoms with van der Waals surface area (Å²) in [5.41, 5.74) is 5.54. The first-order valence-corrected chi connectivity index (χ1v) is 8.08. The second-order valence-corrected chi connectivity index (χ2v) is 8.49. The van der Waals surface area contributed by atoms with Crippen molar-refractivity contribution in [3.05, 3.63) is 39.7 Å². The fourth-order valence-electron chi connectivity index (χ4n) is 3.00. The van der Waals surface area contributed by atoms with E-state index in [-0.39, 0.29) is 10.8 Å². The summed E-state index contributed by atoms with van der Waals surface area (Å²) in [5, 5.41) is 4.88. The standard InChI is InChI=1S/C19H26ClNO/c1-11-16(12(2)22-21-11)13-9-14(18(3,4)5)17(15(20)10-13)19(6,7)8/h9-10H,1-8H3. The minimum absolute atomic E-state index is 0.00301. The molecule has 0 atom stereocenters. The van der Waals surface area contributed by atoms with E-state index in [1.165, 1.54) is 11.1 Å². The van der Waals surface area contributed by atoms with E-state index in [0.717, 1.165) is 27.6 Å². The Morgan fingerprint density at radius 3 is 1.95 bits per heavy atom. The van der Waals surface area contributed by atoms with Gasteiger partial charge in [-0.15, -0.1) is 0 Å². The topological polar surface area (TPSA) is 26.0 Å². The van der Waals surface area contributed by atoms with Gasteiger partial charge in [0.05, 0.1) is 5.69 Å². The first-order chi connectivity index (χ1) is 9.93. The van der Waals surface area contributed by atoms with Crippen LogP contribution < -0.4 is 0 Å². The predicted molar refractivity (Wildman–Crippen MR) is 93.8 cm³/mol. The van der Waals surface area contributed by atoms with Crippen molar-refractivity contribution in [3.8, 4) is 11.1 Å². The third-order valence-corrected chi connectivity index (χ3v) is 4.27. The zero-order valence-electron chi connectivity index (χ0n) is 14.9. The Labute approximate surface area is 138 Å². The minimum atomic E-state index is -0.00301. The Morgan fingerprint density at radius 1 is 0.955 bits per heavy atom. The highest BCUT2D eigenvalue weighted by molar-refractivity contribution is 6.32. The molecule has 1 aromatic heterocycles.